The minimum absolute atomic E-state index is 0.126. The van der Waals surface area contributed by atoms with Gasteiger partial charge in [0.1, 0.15) is 0 Å². The summed E-state index contributed by atoms with van der Waals surface area (Å²) in [5.41, 5.74) is 0.504. The van der Waals surface area contributed by atoms with Crippen LogP contribution in [0.4, 0.5) is 5.69 Å². The molecule has 0 spiro atoms. The number of ether oxygens (including phenoxy) is 1. The molecule has 0 bridgehead atoms. The number of nitro groups is 1. The van der Waals surface area contributed by atoms with Gasteiger partial charge < -0.3 is 4.74 Å². The highest BCUT2D eigenvalue weighted by Crippen LogP contribution is 2.33. The highest BCUT2D eigenvalue weighted by atomic mass is 127. The number of carbonyl (C=O) groups excluding carboxylic acids is 1. The van der Waals surface area contributed by atoms with Gasteiger partial charge in [0.2, 0.25) is 5.75 Å². The van der Waals surface area contributed by atoms with E-state index in [1.54, 1.807) is 40.8 Å². The van der Waals surface area contributed by atoms with Crippen LogP contribution in [0, 0.1) is 25.0 Å². The van der Waals surface area contributed by atoms with Crippen LogP contribution in [0.3, 0.4) is 0 Å². The molecule has 2 aromatic carbocycles. The van der Waals surface area contributed by atoms with Gasteiger partial charge >= 0.3 is 11.7 Å². The van der Waals surface area contributed by atoms with E-state index in [9.17, 15) is 14.9 Å². The zero-order valence-electron chi connectivity index (χ0n) is 11.6. The lowest BCUT2D eigenvalue weighted by atomic mass is 10.2. The molecule has 0 aliphatic carbocycles. The Morgan fingerprint density at radius 2 is 2.00 bits per heavy atom. The third-order valence-electron chi connectivity index (χ3n) is 2.76. The monoisotopic (exact) mass is 420 g/mol. The highest BCUT2D eigenvalue weighted by molar-refractivity contribution is 14.1. The number of hydrogen-bond donors (Lipinski definition) is 0. The predicted molar refractivity (Wildman–Crippen MR) is 91.6 cm³/mol. The van der Waals surface area contributed by atoms with Crippen LogP contribution in [-0.4, -0.2) is 10.9 Å². The third-order valence-corrected chi connectivity index (χ3v) is 3.57. The Hall–Kier alpha value is -2.73. The summed E-state index contributed by atoms with van der Waals surface area (Å²) in [6.45, 7) is 0. The summed E-state index contributed by atoms with van der Waals surface area (Å²) in [5.74, 6) is -0.906. The Balaban J connectivity index is 2.26. The van der Waals surface area contributed by atoms with Crippen molar-refractivity contribution in [3.63, 3.8) is 0 Å². The molecule has 7 heteroatoms. The molecule has 0 aliphatic rings. The first-order valence-corrected chi connectivity index (χ1v) is 7.42. The van der Waals surface area contributed by atoms with Crippen LogP contribution in [0.15, 0.2) is 48.5 Å². The molecule has 0 saturated carbocycles. The second-order valence-corrected chi connectivity index (χ2v) is 5.50. The van der Waals surface area contributed by atoms with Crippen LogP contribution in [0.1, 0.15) is 11.1 Å². The number of hydrogen-bond acceptors (Lipinski definition) is 5. The van der Waals surface area contributed by atoms with Gasteiger partial charge in [0.15, 0.2) is 0 Å². The minimum atomic E-state index is -0.737. The maximum absolute atomic E-state index is 11.9. The lowest BCUT2D eigenvalue weighted by Crippen LogP contribution is -2.07. The molecule has 6 nitrogen and oxygen atoms in total. The van der Waals surface area contributed by atoms with Crippen LogP contribution in [0.5, 0.6) is 5.75 Å². The normalized spacial score (nSPS) is 10.3. The summed E-state index contributed by atoms with van der Waals surface area (Å²) in [5, 5.41) is 19.9. The molecule has 0 aromatic heterocycles. The van der Waals surface area contributed by atoms with E-state index in [0.29, 0.717) is 3.57 Å². The highest BCUT2D eigenvalue weighted by Gasteiger charge is 2.22. The van der Waals surface area contributed by atoms with Gasteiger partial charge in [0.25, 0.3) is 0 Å². The van der Waals surface area contributed by atoms with E-state index in [-0.39, 0.29) is 11.3 Å². The largest absolute Gasteiger partial charge is 0.415 e. The van der Waals surface area contributed by atoms with Crippen molar-refractivity contribution in [3.05, 3.63) is 73.4 Å². The molecule has 0 unspecified atom stereocenters. The lowest BCUT2D eigenvalue weighted by molar-refractivity contribution is -0.385. The van der Waals surface area contributed by atoms with Crippen molar-refractivity contribution in [1.82, 2.24) is 0 Å². The van der Waals surface area contributed by atoms with Gasteiger partial charge in [-0.3, -0.25) is 10.1 Å². The molecule has 2 aromatic rings. The Kier molecular flexibility index (Phi) is 5.43. The molecule has 0 heterocycles. The smallest absolute Gasteiger partial charge is 0.336 e. The van der Waals surface area contributed by atoms with Crippen LogP contribution >= 0.6 is 22.6 Å². The number of benzene rings is 2. The summed E-state index contributed by atoms with van der Waals surface area (Å²) < 4.78 is 5.39. The molecule has 0 N–H and O–H groups in total. The van der Waals surface area contributed by atoms with Crippen molar-refractivity contribution in [2.45, 2.75) is 0 Å². The van der Waals surface area contributed by atoms with Crippen molar-refractivity contribution in [3.8, 4) is 11.8 Å². The predicted octanol–water partition coefficient (Wildman–Crippen LogP) is 3.69. The Bertz CT molecular complexity index is 826. The first-order valence-electron chi connectivity index (χ1n) is 6.34. The van der Waals surface area contributed by atoms with E-state index in [1.807, 2.05) is 24.3 Å². The SMILES string of the molecule is N#Cc1cc(I)c(OC(=O)/C=C/c2ccccc2)c([N+](=O)[O-])c1. The van der Waals surface area contributed by atoms with Crippen molar-refractivity contribution in [1.29, 1.82) is 5.26 Å². The zero-order chi connectivity index (χ0) is 16.8. The van der Waals surface area contributed by atoms with Crippen molar-refractivity contribution < 1.29 is 14.5 Å². The van der Waals surface area contributed by atoms with E-state index in [1.165, 1.54) is 12.1 Å². The van der Waals surface area contributed by atoms with Gasteiger partial charge in [-0.05, 0) is 40.3 Å². The van der Waals surface area contributed by atoms with Crippen molar-refractivity contribution >= 4 is 40.3 Å². The lowest BCUT2D eigenvalue weighted by Gasteiger charge is -2.05. The minimum Gasteiger partial charge on any atom is -0.415 e. The third kappa shape index (κ3) is 4.37. The zero-order valence-corrected chi connectivity index (χ0v) is 13.8. The van der Waals surface area contributed by atoms with Crippen LogP contribution in [0.2, 0.25) is 0 Å². The second kappa shape index (κ2) is 7.51. The molecule has 0 saturated heterocycles. The molecular formula is C16H9IN2O4. The summed E-state index contributed by atoms with van der Waals surface area (Å²) >= 11 is 1.78. The van der Waals surface area contributed by atoms with E-state index in [4.69, 9.17) is 10.00 Å². The van der Waals surface area contributed by atoms with E-state index >= 15 is 0 Å². The summed E-state index contributed by atoms with van der Waals surface area (Å²) in [7, 11) is 0. The van der Waals surface area contributed by atoms with Gasteiger partial charge in [-0.1, -0.05) is 30.3 Å². The number of nitro benzene ring substituents is 1. The van der Waals surface area contributed by atoms with Gasteiger partial charge in [-0.15, -0.1) is 0 Å². The number of halogens is 1. The van der Waals surface area contributed by atoms with Crippen molar-refractivity contribution in [2.75, 3.05) is 0 Å². The van der Waals surface area contributed by atoms with Crippen LogP contribution < -0.4 is 4.74 Å². The number of nitrogens with zero attached hydrogens (tertiary/aromatic N) is 2. The molecular weight excluding hydrogens is 411 g/mol. The molecule has 114 valence electrons. The molecule has 0 fully saturated rings. The molecule has 23 heavy (non-hydrogen) atoms. The molecule has 0 atom stereocenters. The second-order valence-electron chi connectivity index (χ2n) is 4.34. The fraction of sp³-hybridized carbons (Fsp3) is 0. The fourth-order valence-corrected chi connectivity index (χ4v) is 2.47. The van der Waals surface area contributed by atoms with Crippen molar-refractivity contribution in [2.24, 2.45) is 0 Å². The maximum atomic E-state index is 11.9. The molecule has 0 amide bonds. The summed E-state index contributed by atoms with van der Waals surface area (Å²) in [6, 6.07) is 13.4. The van der Waals surface area contributed by atoms with E-state index in [2.05, 4.69) is 0 Å². The van der Waals surface area contributed by atoms with Gasteiger partial charge in [-0.25, -0.2) is 4.79 Å². The number of carbonyl (C=O) groups is 1. The van der Waals surface area contributed by atoms with Gasteiger partial charge in [0.05, 0.1) is 20.1 Å². The summed E-state index contributed by atoms with van der Waals surface area (Å²) in [4.78, 5) is 22.3. The maximum Gasteiger partial charge on any atom is 0.336 e. The van der Waals surface area contributed by atoms with E-state index < -0.39 is 16.6 Å². The molecule has 0 aliphatic heterocycles. The van der Waals surface area contributed by atoms with Gasteiger partial charge in [0, 0.05) is 12.1 Å². The summed E-state index contributed by atoms with van der Waals surface area (Å²) in [6.07, 6.45) is 2.73. The quantitative estimate of drug-likeness (QED) is 0.188. The topological polar surface area (TPSA) is 93.2 Å². The van der Waals surface area contributed by atoms with E-state index in [0.717, 1.165) is 11.6 Å². The van der Waals surface area contributed by atoms with Crippen LogP contribution in [-0.2, 0) is 4.79 Å². The molecule has 0 radical (unpaired) electrons. The van der Waals surface area contributed by atoms with Gasteiger partial charge in [-0.2, -0.15) is 5.26 Å². The first-order chi connectivity index (χ1) is 11.0. The number of esters is 1. The number of rotatable bonds is 4. The first kappa shape index (κ1) is 16.6. The Morgan fingerprint density at radius 1 is 1.30 bits per heavy atom. The Morgan fingerprint density at radius 3 is 2.61 bits per heavy atom. The number of nitriles is 1. The Labute approximate surface area is 145 Å². The fourth-order valence-electron chi connectivity index (χ4n) is 1.74. The standard InChI is InChI=1S/C16H9IN2O4/c17-13-8-12(10-18)9-14(19(21)22)16(13)23-15(20)7-6-11-4-2-1-3-5-11/h1-9H/b7-6+. The molecule has 2 rings (SSSR count). The average Bonchev–Trinajstić information content (AvgIpc) is 2.55. The van der Waals surface area contributed by atoms with Crippen LogP contribution in [0.25, 0.3) is 6.08 Å². The average molecular weight is 420 g/mol.